The van der Waals surface area contributed by atoms with Gasteiger partial charge in [-0.2, -0.15) is 0 Å². The molecule has 0 spiro atoms. The third-order valence-electron chi connectivity index (χ3n) is 0.667. The first kappa shape index (κ1) is 17.5. The summed E-state index contributed by atoms with van der Waals surface area (Å²) >= 11 is 0. The molecule has 0 amide bonds. The van der Waals surface area contributed by atoms with Crippen LogP contribution in [0, 0.1) is 0 Å². The monoisotopic (exact) mass is 274 g/mol. The second-order valence-electron chi connectivity index (χ2n) is 2.07. The Balaban J connectivity index is 0. The van der Waals surface area contributed by atoms with Crippen molar-refractivity contribution in [2.75, 3.05) is 13.2 Å². The summed E-state index contributed by atoms with van der Waals surface area (Å²) in [6.45, 7) is 0.354. The van der Waals surface area contributed by atoms with Crippen LogP contribution in [-0.4, -0.2) is 45.7 Å². The van der Waals surface area contributed by atoms with Gasteiger partial charge in [-0.3, -0.25) is 4.79 Å². The molecule has 0 aromatic carbocycles. The molecular formula is C7H14O5S3. The standard InChI is InChI=1S/C3H8O3.C2H4O2.C2H2S3/c4-1-3(6)2-5;1-2(3)4;1-2-4-5-3-1/h3-6H,1-2H2;1H3,(H,3,4);1-2H. The van der Waals surface area contributed by atoms with Crippen LogP contribution in [0.3, 0.4) is 0 Å². The predicted molar refractivity (Wildman–Crippen MR) is 65.4 cm³/mol. The highest BCUT2D eigenvalue weighted by atomic mass is 33.5. The first-order valence-corrected chi connectivity index (χ1v) is 7.38. The summed E-state index contributed by atoms with van der Waals surface area (Å²) in [5.41, 5.74) is 0. The molecule has 8 heteroatoms. The van der Waals surface area contributed by atoms with Gasteiger partial charge in [0, 0.05) is 6.92 Å². The van der Waals surface area contributed by atoms with E-state index in [0.29, 0.717) is 0 Å². The summed E-state index contributed by atoms with van der Waals surface area (Å²) in [5.74, 6) is -0.833. The summed E-state index contributed by atoms with van der Waals surface area (Å²) in [7, 11) is 5.34. The predicted octanol–water partition coefficient (Wildman–Crippen LogP) is 0.924. The molecule has 90 valence electrons. The van der Waals surface area contributed by atoms with Gasteiger partial charge in [0.1, 0.15) is 6.10 Å². The second kappa shape index (κ2) is 14.1. The maximum Gasteiger partial charge on any atom is 0.300 e. The summed E-state index contributed by atoms with van der Waals surface area (Å²) in [5, 5.41) is 35.6. The van der Waals surface area contributed by atoms with Crippen LogP contribution in [0.25, 0.3) is 0 Å². The zero-order valence-corrected chi connectivity index (χ0v) is 10.5. The molecule has 0 fully saturated rings. The van der Waals surface area contributed by atoms with Crippen LogP contribution in [-0.2, 0) is 4.79 Å². The van der Waals surface area contributed by atoms with Gasteiger partial charge in [0.25, 0.3) is 5.97 Å². The molecule has 0 aromatic rings. The summed E-state index contributed by atoms with van der Waals surface area (Å²) in [6, 6.07) is 0. The zero-order valence-electron chi connectivity index (χ0n) is 8.07. The zero-order chi connectivity index (χ0) is 12.1. The normalized spacial score (nSPS) is 12.6. The number of aliphatic hydroxyl groups excluding tert-OH is 3. The summed E-state index contributed by atoms with van der Waals surface area (Å²) < 4.78 is 0. The average Bonchev–Trinajstić information content (AvgIpc) is 2.73. The van der Waals surface area contributed by atoms with Crippen molar-refractivity contribution < 1.29 is 25.2 Å². The first-order chi connectivity index (χ1) is 7.04. The number of rotatable bonds is 2. The first-order valence-electron chi connectivity index (χ1n) is 3.77. The van der Waals surface area contributed by atoms with Crippen molar-refractivity contribution in [1.29, 1.82) is 0 Å². The Hall–Kier alpha value is 0.140. The number of aliphatic hydroxyl groups is 3. The van der Waals surface area contributed by atoms with Gasteiger partial charge in [-0.1, -0.05) is 21.6 Å². The van der Waals surface area contributed by atoms with Gasteiger partial charge < -0.3 is 20.4 Å². The molecule has 0 saturated heterocycles. The molecule has 0 unspecified atom stereocenters. The lowest BCUT2D eigenvalue weighted by Gasteiger charge is -1.96. The van der Waals surface area contributed by atoms with Crippen LogP contribution in [0.5, 0.6) is 0 Å². The number of carboxylic acids is 1. The van der Waals surface area contributed by atoms with Crippen molar-refractivity contribution in [2.24, 2.45) is 0 Å². The lowest BCUT2D eigenvalue weighted by atomic mass is 10.4. The Morgan fingerprint density at radius 3 is 1.67 bits per heavy atom. The Bertz CT molecular complexity index is 162. The molecular weight excluding hydrogens is 260 g/mol. The van der Waals surface area contributed by atoms with Gasteiger partial charge in [0.15, 0.2) is 0 Å². The van der Waals surface area contributed by atoms with Crippen molar-refractivity contribution in [3.63, 3.8) is 0 Å². The molecule has 1 heterocycles. The third-order valence-corrected chi connectivity index (χ3v) is 4.04. The van der Waals surface area contributed by atoms with Gasteiger partial charge in [-0.15, -0.1) is 0 Å². The van der Waals surface area contributed by atoms with E-state index in [1.54, 1.807) is 31.4 Å². The van der Waals surface area contributed by atoms with Gasteiger partial charge in [-0.25, -0.2) is 0 Å². The van der Waals surface area contributed by atoms with E-state index in [1.807, 2.05) is 0 Å². The molecule has 1 aliphatic rings. The van der Waals surface area contributed by atoms with Crippen LogP contribution in [0.4, 0.5) is 0 Å². The Labute approximate surface area is 99.8 Å². The van der Waals surface area contributed by atoms with Crippen molar-refractivity contribution in [2.45, 2.75) is 13.0 Å². The minimum atomic E-state index is -0.954. The van der Waals surface area contributed by atoms with E-state index in [0.717, 1.165) is 6.92 Å². The maximum absolute atomic E-state index is 9.00. The Morgan fingerprint density at radius 1 is 1.27 bits per heavy atom. The highest BCUT2D eigenvalue weighted by Crippen LogP contribution is 2.42. The fourth-order valence-corrected chi connectivity index (χ4v) is 3.12. The summed E-state index contributed by atoms with van der Waals surface area (Å²) in [4.78, 5) is 9.00. The third kappa shape index (κ3) is 24.9. The molecule has 1 aliphatic heterocycles. The maximum atomic E-state index is 9.00. The number of aliphatic carboxylic acids is 1. The molecule has 0 radical (unpaired) electrons. The van der Waals surface area contributed by atoms with Crippen molar-refractivity contribution in [3.05, 3.63) is 10.8 Å². The van der Waals surface area contributed by atoms with Gasteiger partial charge in [0.2, 0.25) is 0 Å². The number of hydrogen-bond donors (Lipinski definition) is 4. The van der Waals surface area contributed by atoms with Crippen LogP contribution in [0.2, 0.25) is 0 Å². The highest BCUT2D eigenvalue weighted by Gasteiger charge is 1.93. The number of hydrogen-bond acceptors (Lipinski definition) is 7. The molecule has 0 bridgehead atoms. The fourth-order valence-electron chi connectivity index (χ4n) is 0.171. The molecule has 0 atom stereocenters. The lowest BCUT2D eigenvalue weighted by Crippen LogP contribution is -2.15. The molecule has 1 rings (SSSR count). The van der Waals surface area contributed by atoms with Gasteiger partial charge >= 0.3 is 0 Å². The molecule has 0 saturated carbocycles. The summed E-state index contributed by atoms with van der Waals surface area (Å²) in [6.07, 6.45) is -0.954. The Morgan fingerprint density at radius 2 is 1.60 bits per heavy atom. The van der Waals surface area contributed by atoms with Crippen molar-refractivity contribution >= 4 is 37.4 Å². The molecule has 0 aromatic heterocycles. The van der Waals surface area contributed by atoms with Crippen molar-refractivity contribution in [3.8, 4) is 0 Å². The molecule has 0 aliphatic carbocycles. The van der Waals surface area contributed by atoms with Crippen LogP contribution in [0.15, 0.2) is 10.8 Å². The van der Waals surface area contributed by atoms with Crippen molar-refractivity contribution in [1.82, 2.24) is 0 Å². The quantitative estimate of drug-likeness (QED) is 0.552. The molecule has 15 heavy (non-hydrogen) atoms. The minimum absolute atomic E-state index is 0.365. The highest BCUT2D eigenvalue weighted by molar-refractivity contribution is 9.11. The van der Waals surface area contributed by atoms with E-state index < -0.39 is 12.1 Å². The van der Waals surface area contributed by atoms with Crippen LogP contribution >= 0.6 is 31.4 Å². The largest absolute Gasteiger partial charge is 0.481 e. The minimum Gasteiger partial charge on any atom is -0.481 e. The molecule has 5 nitrogen and oxygen atoms in total. The van der Waals surface area contributed by atoms with Gasteiger partial charge in [-0.05, 0) is 20.6 Å². The SMILES string of the molecule is C1=CSSS1.CC(=O)O.OCC(O)CO. The smallest absolute Gasteiger partial charge is 0.300 e. The topological polar surface area (TPSA) is 98.0 Å². The number of carbonyl (C=O) groups is 1. The van der Waals surface area contributed by atoms with E-state index in [1.165, 1.54) is 0 Å². The van der Waals surface area contributed by atoms with Crippen LogP contribution < -0.4 is 0 Å². The van der Waals surface area contributed by atoms with Gasteiger partial charge in [0.05, 0.1) is 13.2 Å². The van der Waals surface area contributed by atoms with E-state index in [4.69, 9.17) is 25.2 Å². The second-order valence-corrected chi connectivity index (χ2v) is 5.92. The van der Waals surface area contributed by atoms with E-state index in [-0.39, 0.29) is 13.2 Å². The van der Waals surface area contributed by atoms with Crippen LogP contribution in [0.1, 0.15) is 6.92 Å². The lowest BCUT2D eigenvalue weighted by molar-refractivity contribution is -0.134. The fraction of sp³-hybridized carbons (Fsp3) is 0.571. The molecule has 4 N–H and O–H groups in total. The van der Waals surface area contributed by atoms with E-state index in [9.17, 15) is 0 Å². The van der Waals surface area contributed by atoms with E-state index >= 15 is 0 Å². The average molecular weight is 274 g/mol. The Kier molecular flexibility index (Phi) is 16.5. The van der Waals surface area contributed by atoms with E-state index in [2.05, 4.69) is 10.8 Å². The number of carboxylic acid groups (broad SMARTS) is 1.